The van der Waals surface area contributed by atoms with Crippen LogP contribution >= 0.6 is 0 Å². The van der Waals surface area contributed by atoms with Crippen molar-refractivity contribution in [2.75, 3.05) is 18.0 Å². The Balaban J connectivity index is 2.83. The van der Waals surface area contributed by atoms with E-state index in [9.17, 15) is 9.18 Å². The summed E-state index contributed by atoms with van der Waals surface area (Å²) < 4.78 is 18.0. The van der Waals surface area contributed by atoms with Crippen LogP contribution in [0.5, 0.6) is 0 Å². The number of rotatable bonds is 5. The van der Waals surface area contributed by atoms with E-state index in [1.807, 2.05) is 0 Å². The van der Waals surface area contributed by atoms with Gasteiger partial charge in [-0.05, 0) is 51.1 Å². The highest BCUT2D eigenvalue weighted by Crippen LogP contribution is 2.16. The highest BCUT2D eigenvalue weighted by Gasteiger charge is 2.17. The molecule has 0 bridgehead atoms. The minimum atomic E-state index is -0.440. The van der Waals surface area contributed by atoms with Gasteiger partial charge in [-0.15, -0.1) is 0 Å². The molecule has 0 radical (unpaired) electrons. The molecule has 0 spiro atoms. The van der Waals surface area contributed by atoms with Crippen molar-refractivity contribution in [2.45, 2.75) is 26.4 Å². The van der Waals surface area contributed by atoms with Gasteiger partial charge >= 0.3 is 6.09 Å². The van der Waals surface area contributed by atoms with Crippen molar-refractivity contribution in [1.29, 1.82) is 0 Å². The summed E-state index contributed by atoms with van der Waals surface area (Å²) in [5.74, 6) is -0.338. The van der Waals surface area contributed by atoms with Gasteiger partial charge in [0.1, 0.15) is 5.82 Å². The topological polar surface area (TPSA) is 55.6 Å². The van der Waals surface area contributed by atoms with Gasteiger partial charge in [-0.2, -0.15) is 0 Å². The normalized spacial score (nSPS) is 10.5. The Labute approximate surface area is 107 Å². The molecule has 18 heavy (non-hydrogen) atoms. The maximum absolute atomic E-state index is 12.9. The van der Waals surface area contributed by atoms with Crippen molar-refractivity contribution in [3.63, 3.8) is 0 Å². The number of carbonyl (C=O) groups excluding carboxylic acids is 1. The maximum atomic E-state index is 12.9. The Morgan fingerprint density at radius 2 is 2.00 bits per heavy atom. The molecule has 1 amide bonds. The molecule has 1 aromatic rings. The van der Waals surface area contributed by atoms with Crippen LogP contribution in [0, 0.1) is 5.82 Å². The molecule has 0 aliphatic rings. The second kappa shape index (κ2) is 6.96. The van der Waals surface area contributed by atoms with Crippen LogP contribution in [0.4, 0.5) is 14.9 Å². The molecule has 100 valence electrons. The second-order valence-electron chi connectivity index (χ2n) is 4.20. The first kappa shape index (κ1) is 14.4. The van der Waals surface area contributed by atoms with Crippen molar-refractivity contribution in [3.8, 4) is 0 Å². The molecule has 0 aliphatic carbocycles. The van der Waals surface area contributed by atoms with E-state index in [-0.39, 0.29) is 11.9 Å². The number of benzene rings is 1. The summed E-state index contributed by atoms with van der Waals surface area (Å²) in [6.07, 6.45) is 0.0216. The van der Waals surface area contributed by atoms with E-state index in [0.717, 1.165) is 0 Å². The lowest BCUT2D eigenvalue weighted by Crippen LogP contribution is -2.34. The fourth-order valence-corrected chi connectivity index (χ4v) is 1.46. The molecule has 1 rings (SSSR count). The number of carbonyl (C=O) groups is 1. The van der Waals surface area contributed by atoms with Crippen LogP contribution in [-0.4, -0.2) is 25.3 Å². The summed E-state index contributed by atoms with van der Waals surface area (Å²) in [6.45, 7) is 4.49. The molecule has 4 nitrogen and oxygen atoms in total. The van der Waals surface area contributed by atoms with Crippen LogP contribution in [0.2, 0.25) is 0 Å². The highest BCUT2D eigenvalue weighted by atomic mass is 19.1. The Kier molecular flexibility index (Phi) is 5.58. The maximum Gasteiger partial charge on any atom is 0.414 e. The van der Waals surface area contributed by atoms with E-state index in [4.69, 9.17) is 10.5 Å². The molecule has 0 heterocycles. The van der Waals surface area contributed by atoms with Gasteiger partial charge in [-0.25, -0.2) is 9.18 Å². The summed E-state index contributed by atoms with van der Waals surface area (Å²) in [7, 11) is 0. The molecule has 0 aliphatic heterocycles. The molecule has 5 heteroatoms. The van der Waals surface area contributed by atoms with Crippen LogP contribution in [-0.2, 0) is 4.74 Å². The zero-order valence-corrected chi connectivity index (χ0v) is 10.7. The van der Waals surface area contributed by atoms with Gasteiger partial charge in [0.2, 0.25) is 0 Å². The Hall–Kier alpha value is -1.62. The zero-order chi connectivity index (χ0) is 13.5. The van der Waals surface area contributed by atoms with Gasteiger partial charge in [0.15, 0.2) is 0 Å². The van der Waals surface area contributed by atoms with Crippen LogP contribution in [0.1, 0.15) is 20.3 Å². The Morgan fingerprint density at radius 3 is 2.50 bits per heavy atom. The molecule has 1 aromatic carbocycles. The number of amides is 1. The minimum Gasteiger partial charge on any atom is -0.446 e. The van der Waals surface area contributed by atoms with Crippen LogP contribution in [0.3, 0.4) is 0 Å². The lowest BCUT2D eigenvalue weighted by Gasteiger charge is -2.23. The van der Waals surface area contributed by atoms with Crippen LogP contribution < -0.4 is 10.6 Å². The molecule has 0 atom stereocenters. The Bertz CT molecular complexity index is 379. The van der Waals surface area contributed by atoms with Crippen LogP contribution in [0.25, 0.3) is 0 Å². The smallest absolute Gasteiger partial charge is 0.414 e. The van der Waals surface area contributed by atoms with Gasteiger partial charge in [0, 0.05) is 12.2 Å². The molecular formula is C13H19FN2O2. The van der Waals surface area contributed by atoms with Gasteiger partial charge in [0.05, 0.1) is 6.10 Å². The van der Waals surface area contributed by atoms with Crippen molar-refractivity contribution in [2.24, 2.45) is 5.73 Å². The first-order valence-electron chi connectivity index (χ1n) is 5.98. The van der Waals surface area contributed by atoms with Crippen molar-refractivity contribution in [3.05, 3.63) is 30.1 Å². The predicted molar refractivity (Wildman–Crippen MR) is 69.0 cm³/mol. The molecule has 0 aromatic heterocycles. The van der Waals surface area contributed by atoms with Crippen molar-refractivity contribution >= 4 is 11.8 Å². The number of anilines is 1. The molecule has 0 saturated carbocycles. The summed E-state index contributed by atoms with van der Waals surface area (Å²) in [4.78, 5) is 13.4. The number of hydrogen-bond acceptors (Lipinski definition) is 3. The summed E-state index contributed by atoms with van der Waals surface area (Å²) in [6, 6.07) is 5.72. The van der Waals surface area contributed by atoms with E-state index >= 15 is 0 Å². The second-order valence-corrected chi connectivity index (χ2v) is 4.20. The molecule has 2 N–H and O–H groups in total. The van der Waals surface area contributed by atoms with Crippen molar-refractivity contribution in [1.82, 2.24) is 0 Å². The molecular weight excluding hydrogens is 235 g/mol. The average molecular weight is 254 g/mol. The van der Waals surface area contributed by atoms with Crippen LogP contribution in [0.15, 0.2) is 24.3 Å². The minimum absolute atomic E-state index is 0.196. The van der Waals surface area contributed by atoms with Gasteiger partial charge < -0.3 is 10.5 Å². The lowest BCUT2D eigenvalue weighted by molar-refractivity contribution is 0.122. The lowest BCUT2D eigenvalue weighted by atomic mass is 10.2. The van der Waals surface area contributed by atoms with E-state index < -0.39 is 6.09 Å². The molecule has 0 saturated heterocycles. The van der Waals surface area contributed by atoms with E-state index in [0.29, 0.717) is 25.2 Å². The number of nitrogens with two attached hydrogens (primary N) is 1. The van der Waals surface area contributed by atoms with E-state index in [1.165, 1.54) is 17.0 Å². The quantitative estimate of drug-likeness (QED) is 0.878. The third kappa shape index (κ3) is 4.33. The predicted octanol–water partition coefficient (Wildman–Crippen LogP) is 2.53. The zero-order valence-electron chi connectivity index (χ0n) is 10.7. The SMILES string of the molecule is CC(C)OC(=O)N(CCCN)c1ccc(F)cc1. The number of hydrogen-bond donors (Lipinski definition) is 1. The first-order chi connectivity index (χ1) is 8.54. The Morgan fingerprint density at radius 1 is 1.39 bits per heavy atom. The van der Waals surface area contributed by atoms with Gasteiger partial charge in [-0.3, -0.25) is 4.90 Å². The highest BCUT2D eigenvalue weighted by molar-refractivity contribution is 5.87. The average Bonchev–Trinajstić information content (AvgIpc) is 2.31. The fourth-order valence-electron chi connectivity index (χ4n) is 1.46. The number of ether oxygens (including phenoxy) is 1. The first-order valence-corrected chi connectivity index (χ1v) is 5.98. The fraction of sp³-hybridized carbons (Fsp3) is 0.462. The summed E-state index contributed by atoms with van der Waals surface area (Å²) in [5.41, 5.74) is 6.05. The standard InChI is InChI=1S/C13H19FN2O2/c1-10(2)18-13(17)16(9-3-8-15)12-6-4-11(14)5-7-12/h4-7,10H,3,8-9,15H2,1-2H3. The largest absolute Gasteiger partial charge is 0.446 e. The summed E-state index contributed by atoms with van der Waals surface area (Å²) >= 11 is 0. The number of halogens is 1. The number of nitrogens with zero attached hydrogens (tertiary/aromatic N) is 1. The van der Waals surface area contributed by atoms with E-state index in [1.54, 1.807) is 26.0 Å². The van der Waals surface area contributed by atoms with Gasteiger partial charge in [-0.1, -0.05) is 0 Å². The van der Waals surface area contributed by atoms with Crippen molar-refractivity contribution < 1.29 is 13.9 Å². The third-order valence-corrected chi connectivity index (χ3v) is 2.28. The molecule has 0 unspecified atom stereocenters. The monoisotopic (exact) mass is 254 g/mol. The third-order valence-electron chi connectivity index (χ3n) is 2.28. The molecule has 0 fully saturated rings. The summed E-state index contributed by atoms with van der Waals surface area (Å²) in [5, 5.41) is 0. The van der Waals surface area contributed by atoms with E-state index in [2.05, 4.69) is 0 Å². The van der Waals surface area contributed by atoms with Gasteiger partial charge in [0.25, 0.3) is 0 Å².